The number of halogens is 4. The van der Waals surface area contributed by atoms with Gasteiger partial charge in [0.25, 0.3) is 5.91 Å². The summed E-state index contributed by atoms with van der Waals surface area (Å²) in [5, 5.41) is 5.12. The first-order valence-corrected chi connectivity index (χ1v) is 9.12. The molecule has 0 aromatic heterocycles. The molecule has 8 heteroatoms. The molecule has 2 rings (SSSR count). The van der Waals surface area contributed by atoms with Crippen molar-refractivity contribution < 1.29 is 22.8 Å². The number of rotatable bonds is 6. The maximum Gasteiger partial charge on any atom is 0.416 e. The summed E-state index contributed by atoms with van der Waals surface area (Å²) < 4.78 is 38.6. The Balaban J connectivity index is 2.19. The summed E-state index contributed by atoms with van der Waals surface area (Å²) >= 11 is 5.91. The van der Waals surface area contributed by atoms with E-state index in [2.05, 4.69) is 10.6 Å². The van der Waals surface area contributed by atoms with Crippen LogP contribution in [-0.2, 0) is 11.0 Å². The number of nitrogens with one attached hydrogen (secondary N) is 2. The SMILES string of the molecule is CCC(CC)C(=O)Nc1cccc(C(=O)Nc2cc(C(F)(F)F)ccc2Cl)c1. The number of hydrogen-bond acceptors (Lipinski definition) is 2. The predicted molar refractivity (Wildman–Crippen MR) is 104 cm³/mol. The van der Waals surface area contributed by atoms with Crippen LogP contribution >= 0.6 is 11.6 Å². The van der Waals surface area contributed by atoms with E-state index in [0.717, 1.165) is 18.2 Å². The minimum Gasteiger partial charge on any atom is -0.326 e. The summed E-state index contributed by atoms with van der Waals surface area (Å²) in [6.45, 7) is 3.83. The Morgan fingerprint density at radius 3 is 2.32 bits per heavy atom. The molecule has 0 radical (unpaired) electrons. The Labute approximate surface area is 166 Å². The molecular weight excluding hydrogens is 393 g/mol. The summed E-state index contributed by atoms with van der Waals surface area (Å²) in [5.41, 5.74) is -0.457. The highest BCUT2D eigenvalue weighted by Gasteiger charge is 2.31. The highest BCUT2D eigenvalue weighted by atomic mass is 35.5. The van der Waals surface area contributed by atoms with Gasteiger partial charge in [0, 0.05) is 17.2 Å². The van der Waals surface area contributed by atoms with Gasteiger partial charge in [-0.2, -0.15) is 13.2 Å². The van der Waals surface area contributed by atoms with Crippen molar-refractivity contribution in [3.63, 3.8) is 0 Å². The first-order chi connectivity index (χ1) is 13.2. The Bertz CT molecular complexity index is 865. The molecule has 0 unspecified atom stereocenters. The van der Waals surface area contributed by atoms with Crippen LogP contribution in [0.2, 0.25) is 5.02 Å². The summed E-state index contributed by atoms with van der Waals surface area (Å²) in [7, 11) is 0. The van der Waals surface area contributed by atoms with Crippen LogP contribution in [0.25, 0.3) is 0 Å². The van der Waals surface area contributed by atoms with Crippen molar-refractivity contribution in [3.05, 3.63) is 58.6 Å². The van der Waals surface area contributed by atoms with E-state index < -0.39 is 17.6 Å². The smallest absolute Gasteiger partial charge is 0.326 e. The molecule has 28 heavy (non-hydrogen) atoms. The second kappa shape index (κ2) is 9.10. The molecule has 0 saturated carbocycles. The molecule has 0 aliphatic carbocycles. The lowest BCUT2D eigenvalue weighted by Crippen LogP contribution is -2.22. The standard InChI is InChI=1S/C20H20ClF3N2O2/c1-3-12(4-2)18(27)25-15-7-5-6-13(10-15)19(28)26-17-11-14(20(22,23)24)8-9-16(17)21/h5-12H,3-4H2,1-2H3,(H,25,27)(H,26,28). The molecular formula is C20H20ClF3N2O2. The Hall–Kier alpha value is -2.54. The minimum atomic E-state index is -4.55. The number of amides is 2. The summed E-state index contributed by atoms with van der Waals surface area (Å²) in [6, 6.07) is 8.84. The minimum absolute atomic E-state index is 0.0143. The van der Waals surface area contributed by atoms with E-state index in [0.29, 0.717) is 18.5 Å². The van der Waals surface area contributed by atoms with Crippen molar-refractivity contribution in [1.29, 1.82) is 0 Å². The van der Waals surface area contributed by atoms with Crippen LogP contribution in [0.5, 0.6) is 0 Å². The van der Waals surface area contributed by atoms with E-state index in [-0.39, 0.29) is 28.1 Å². The van der Waals surface area contributed by atoms with Crippen molar-refractivity contribution in [1.82, 2.24) is 0 Å². The molecule has 0 atom stereocenters. The predicted octanol–water partition coefficient (Wildman–Crippen LogP) is 5.99. The van der Waals surface area contributed by atoms with Gasteiger partial charge in [-0.25, -0.2) is 0 Å². The maximum atomic E-state index is 12.9. The lowest BCUT2D eigenvalue weighted by Gasteiger charge is -2.14. The zero-order chi connectivity index (χ0) is 20.9. The molecule has 0 spiro atoms. The van der Waals surface area contributed by atoms with Crippen LogP contribution in [0.4, 0.5) is 24.5 Å². The Morgan fingerprint density at radius 2 is 1.71 bits per heavy atom. The second-order valence-electron chi connectivity index (χ2n) is 6.23. The lowest BCUT2D eigenvalue weighted by molar-refractivity contribution is -0.137. The third-order valence-electron chi connectivity index (χ3n) is 4.29. The third kappa shape index (κ3) is 5.48. The molecule has 150 valence electrons. The van der Waals surface area contributed by atoms with Crippen molar-refractivity contribution >= 4 is 34.8 Å². The van der Waals surface area contributed by atoms with E-state index in [1.54, 1.807) is 12.1 Å². The molecule has 0 fully saturated rings. The number of carbonyl (C=O) groups is 2. The van der Waals surface area contributed by atoms with Gasteiger partial charge in [-0.15, -0.1) is 0 Å². The van der Waals surface area contributed by atoms with Gasteiger partial charge in [-0.05, 0) is 49.2 Å². The zero-order valence-electron chi connectivity index (χ0n) is 15.4. The van der Waals surface area contributed by atoms with Gasteiger partial charge < -0.3 is 10.6 Å². The molecule has 2 N–H and O–H groups in total. The van der Waals surface area contributed by atoms with Gasteiger partial charge in [-0.3, -0.25) is 9.59 Å². The summed E-state index contributed by atoms with van der Waals surface area (Å²) in [6.07, 6.45) is -3.17. The summed E-state index contributed by atoms with van der Waals surface area (Å²) in [4.78, 5) is 24.6. The lowest BCUT2D eigenvalue weighted by atomic mass is 10.0. The molecule has 0 aliphatic heterocycles. The van der Waals surface area contributed by atoms with Gasteiger partial charge in [0.05, 0.1) is 16.3 Å². The van der Waals surface area contributed by atoms with Crippen molar-refractivity contribution in [3.8, 4) is 0 Å². The number of carbonyl (C=O) groups excluding carboxylic acids is 2. The highest BCUT2D eigenvalue weighted by molar-refractivity contribution is 6.34. The normalized spacial score (nSPS) is 11.4. The van der Waals surface area contributed by atoms with Gasteiger partial charge in [-0.1, -0.05) is 31.5 Å². The second-order valence-corrected chi connectivity index (χ2v) is 6.64. The van der Waals surface area contributed by atoms with Gasteiger partial charge in [0.1, 0.15) is 0 Å². The van der Waals surface area contributed by atoms with Gasteiger partial charge >= 0.3 is 6.18 Å². The maximum absolute atomic E-state index is 12.9. The molecule has 2 aromatic carbocycles. The average molecular weight is 413 g/mol. The van der Waals surface area contributed by atoms with Crippen molar-refractivity contribution in [2.45, 2.75) is 32.9 Å². The molecule has 0 aliphatic rings. The fourth-order valence-corrected chi connectivity index (χ4v) is 2.80. The molecule has 4 nitrogen and oxygen atoms in total. The monoisotopic (exact) mass is 412 g/mol. The first-order valence-electron chi connectivity index (χ1n) is 8.74. The number of hydrogen-bond donors (Lipinski definition) is 2. The van der Waals surface area contributed by atoms with Crippen LogP contribution in [0.3, 0.4) is 0 Å². The molecule has 0 bridgehead atoms. The molecule has 2 amide bonds. The molecule has 2 aromatic rings. The molecule has 0 saturated heterocycles. The van der Waals surface area contributed by atoms with Crippen molar-refractivity contribution in [2.75, 3.05) is 10.6 Å². The van der Waals surface area contributed by atoms with E-state index in [1.165, 1.54) is 12.1 Å². The van der Waals surface area contributed by atoms with E-state index in [9.17, 15) is 22.8 Å². The summed E-state index contributed by atoms with van der Waals surface area (Å²) in [5.74, 6) is -0.926. The van der Waals surface area contributed by atoms with Crippen LogP contribution in [0, 0.1) is 5.92 Å². The largest absolute Gasteiger partial charge is 0.416 e. The zero-order valence-corrected chi connectivity index (χ0v) is 16.1. The Morgan fingerprint density at radius 1 is 1.04 bits per heavy atom. The number of alkyl halides is 3. The topological polar surface area (TPSA) is 58.2 Å². The van der Waals surface area contributed by atoms with Gasteiger partial charge in [0.2, 0.25) is 5.91 Å². The highest BCUT2D eigenvalue weighted by Crippen LogP contribution is 2.34. The third-order valence-corrected chi connectivity index (χ3v) is 4.62. The fourth-order valence-electron chi connectivity index (χ4n) is 2.63. The average Bonchev–Trinajstić information content (AvgIpc) is 2.63. The number of anilines is 2. The van der Waals surface area contributed by atoms with Crippen molar-refractivity contribution in [2.24, 2.45) is 5.92 Å². The quantitative estimate of drug-likeness (QED) is 0.612. The number of benzene rings is 2. The van der Waals surface area contributed by atoms with E-state index in [4.69, 9.17) is 11.6 Å². The van der Waals surface area contributed by atoms with E-state index in [1.807, 2.05) is 13.8 Å². The Kier molecular flexibility index (Phi) is 7.07. The first kappa shape index (κ1) is 21.8. The van der Waals surface area contributed by atoms with Crippen LogP contribution in [-0.4, -0.2) is 11.8 Å². The van der Waals surface area contributed by atoms with E-state index >= 15 is 0 Å². The van der Waals surface area contributed by atoms with Crippen LogP contribution < -0.4 is 10.6 Å². The fraction of sp³-hybridized carbons (Fsp3) is 0.300. The molecule has 0 heterocycles. The van der Waals surface area contributed by atoms with Crippen LogP contribution in [0.15, 0.2) is 42.5 Å². The van der Waals surface area contributed by atoms with Crippen LogP contribution in [0.1, 0.15) is 42.6 Å². The van der Waals surface area contributed by atoms with Gasteiger partial charge in [0.15, 0.2) is 0 Å².